The molecule has 0 N–H and O–H groups in total. The number of aromatic nitrogens is 3. The molecule has 5 nitrogen and oxygen atoms in total. The largest absolute Gasteiger partial charge is 0.334 e. The zero-order chi connectivity index (χ0) is 17.8. The summed E-state index contributed by atoms with van der Waals surface area (Å²) in [4.78, 5) is 23.0. The highest BCUT2D eigenvalue weighted by molar-refractivity contribution is 7.98. The third-order valence-corrected chi connectivity index (χ3v) is 4.34. The molecule has 128 valence electrons. The Kier molecular flexibility index (Phi) is 5.14. The second-order valence-corrected chi connectivity index (χ2v) is 6.20. The number of halogens is 1. The first-order valence-corrected chi connectivity index (χ1v) is 8.85. The highest BCUT2D eigenvalue weighted by Crippen LogP contribution is 2.23. The molecule has 0 spiro atoms. The first-order valence-electron chi connectivity index (χ1n) is 7.63. The summed E-state index contributed by atoms with van der Waals surface area (Å²) in [5.41, 5.74) is 1.92. The normalized spacial score (nSPS) is 10.7. The van der Waals surface area contributed by atoms with Crippen LogP contribution in [0.2, 0.25) is 0 Å². The van der Waals surface area contributed by atoms with E-state index >= 15 is 0 Å². The lowest BCUT2D eigenvalue weighted by Crippen LogP contribution is -2.28. The number of benzene rings is 1. The van der Waals surface area contributed by atoms with Crippen molar-refractivity contribution in [2.45, 2.75) is 11.7 Å². The Morgan fingerprint density at radius 3 is 2.60 bits per heavy atom. The highest BCUT2D eigenvalue weighted by Gasteiger charge is 2.21. The fourth-order valence-electron chi connectivity index (χ4n) is 2.47. The zero-order valence-electron chi connectivity index (χ0n) is 13.9. The van der Waals surface area contributed by atoms with E-state index in [1.807, 2.05) is 24.5 Å². The Balaban J connectivity index is 1.92. The first-order chi connectivity index (χ1) is 12.1. The fraction of sp³-hybridized carbons (Fsp3) is 0.167. The van der Waals surface area contributed by atoms with Crippen LogP contribution in [-0.4, -0.2) is 38.6 Å². The minimum absolute atomic E-state index is 0.178. The van der Waals surface area contributed by atoms with Gasteiger partial charge >= 0.3 is 0 Å². The summed E-state index contributed by atoms with van der Waals surface area (Å²) in [5, 5.41) is 0.668. The van der Waals surface area contributed by atoms with Gasteiger partial charge in [0.05, 0.1) is 18.4 Å². The van der Waals surface area contributed by atoms with Gasteiger partial charge in [0, 0.05) is 18.9 Å². The lowest BCUT2D eigenvalue weighted by Gasteiger charge is -2.18. The van der Waals surface area contributed by atoms with Gasteiger partial charge in [-0.2, -0.15) is 0 Å². The standard InChI is InChI=1S/C18H17FN4OS/c1-22(12-14-5-3-4-10-20-14)17(24)16-11-21-18(25-2)23(16)15-8-6-13(19)7-9-15/h3-11H,12H2,1-2H3. The Hall–Kier alpha value is -2.67. The van der Waals surface area contributed by atoms with Gasteiger partial charge in [0.15, 0.2) is 5.16 Å². The van der Waals surface area contributed by atoms with Crippen LogP contribution in [0, 0.1) is 5.82 Å². The van der Waals surface area contributed by atoms with E-state index in [0.717, 1.165) is 5.69 Å². The lowest BCUT2D eigenvalue weighted by atomic mass is 10.3. The summed E-state index contributed by atoms with van der Waals surface area (Å²) in [7, 11) is 1.72. The van der Waals surface area contributed by atoms with Crippen molar-refractivity contribution in [2.75, 3.05) is 13.3 Å². The van der Waals surface area contributed by atoms with Crippen molar-refractivity contribution in [1.29, 1.82) is 0 Å². The lowest BCUT2D eigenvalue weighted by molar-refractivity contribution is 0.0775. The average molecular weight is 356 g/mol. The zero-order valence-corrected chi connectivity index (χ0v) is 14.7. The van der Waals surface area contributed by atoms with Gasteiger partial charge in [-0.25, -0.2) is 9.37 Å². The number of imidazole rings is 1. The Morgan fingerprint density at radius 2 is 1.96 bits per heavy atom. The highest BCUT2D eigenvalue weighted by atomic mass is 32.2. The van der Waals surface area contributed by atoms with Gasteiger partial charge in [-0.05, 0) is 42.7 Å². The van der Waals surface area contributed by atoms with E-state index in [1.54, 1.807) is 41.0 Å². The maximum atomic E-state index is 13.2. The SMILES string of the molecule is CSc1ncc(C(=O)N(C)Cc2ccccn2)n1-c1ccc(F)cc1. The number of rotatable bonds is 5. The second-order valence-electron chi connectivity index (χ2n) is 5.42. The van der Waals surface area contributed by atoms with Gasteiger partial charge in [0.1, 0.15) is 11.5 Å². The maximum Gasteiger partial charge on any atom is 0.272 e. The fourth-order valence-corrected chi connectivity index (χ4v) is 3.02. The summed E-state index contributed by atoms with van der Waals surface area (Å²) in [6.07, 6.45) is 5.13. The molecule has 0 atom stereocenters. The molecule has 0 bridgehead atoms. The van der Waals surface area contributed by atoms with Crippen molar-refractivity contribution < 1.29 is 9.18 Å². The molecule has 0 aliphatic rings. The molecule has 2 heterocycles. The van der Waals surface area contributed by atoms with Crippen LogP contribution in [0.4, 0.5) is 4.39 Å². The van der Waals surface area contributed by atoms with E-state index < -0.39 is 0 Å². The number of hydrogen-bond acceptors (Lipinski definition) is 4. The molecule has 7 heteroatoms. The Labute approximate surface area is 149 Å². The van der Waals surface area contributed by atoms with Crippen LogP contribution in [0.3, 0.4) is 0 Å². The molecule has 0 unspecified atom stereocenters. The van der Waals surface area contributed by atoms with Crippen LogP contribution in [0.5, 0.6) is 0 Å². The van der Waals surface area contributed by atoms with Gasteiger partial charge in [0.2, 0.25) is 0 Å². The molecule has 1 aromatic carbocycles. The number of pyridine rings is 1. The van der Waals surface area contributed by atoms with Crippen LogP contribution in [0.25, 0.3) is 5.69 Å². The summed E-state index contributed by atoms with van der Waals surface area (Å²) >= 11 is 1.42. The average Bonchev–Trinajstić information content (AvgIpc) is 3.06. The van der Waals surface area contributed by atoms with Crippen molar-refractivity contribution in [3.8, 4) is 5.69 Å². The van der Waals surface area contributed by atoms with Crippen LogP contribution < -0.4 is 0 Å². The Bertz CT molecular complexity index is 865. The number of nitrogens with zero attached hydrogens (tertiary/aromatic N) is 4. The minimum atomic E-state index is -0.324. The molecule has 0 aliphatic heterocycles. The number of amides is 1. The van der Waals surface area contributed by atoms with E-state index in [4.69, 9.17) is 0 Å². The number of hydrogen-bond donors (Lipinski definition) is 0. The van der Waals surface area contributed by atoms with E-state index in [1.165, 1.54) is 23.9 Å². The molecule has 0 radical (unpaired) electrons. The molecular formula is C18H17FN4OS. The van der Waals surface area contributed by atoms with E-state index in [0.29, 0.717) is 23.1 Å². The van der Waals surface area contributed by atoms with Gasteiger partial charge in [-0.1, -0.05) is 17.8 Å². The summed E-state index contributed by atoms with van der Waals surface area (Å²) in [6, 6.07) is 11.6. The van der Waals surface area contributed by atoms with Crippen LogP contribution in [0.1, 0.15) is 16.2 Å². The predicted octanol–water partition coefficient (Wildman–Crippen LogP) is 3.40. The molecule has 0 saturated carbocycles. The van der Waals surface area contributed by atoms with Crippen molar-refractivity contribution in [2.24, 2.45) is 0 Å². The van der Waals surface area contributed by atoms with Crippen LogP contribution >= 0.6 is 11.8 Å². The summed E-state index contributed by atoms with van der Waals surface area (Å²) in [6.45, 7) is 0.392. The minimum Gasteiger partial charge on any atom is -0.334 e. The van der Waals surface area contributed by atoms with E-state index in [9.17, 15) is 9.18 Å². The molecule has 3 aromatic rings. The smallest absolute Gasteiger partial charge is 0.272 e. The van der Waals surface area contributed by atoms with Crippen LogP contribution in [-0.2, 0) is 6.54 Å². The number of carbonyl (C=O) groups is 1. The summed E-state index contributed by atoms with van der Waals surface area (Å²) < 4.78 is 15.0. The number of carbonyl (C=O) groups excluding carboxylic acids is 1. The first kappa shape index (κ1) is 17.2. The van der Waals surface area contributed by atoms with E-state index in [2.05, 4.69) is 9.97 Å². The van der Waals surface area contributed by atoms with Gasteiger partial charge in [0.25, 0.3) is 5.91 Å². The van der Waals surface area contributed by atoms with Gasteiger partial charge in [-0.3, -0.25) is 14.3 Å². The van der Waals surface area contributed by atoms with Crippen molar-refractivity contribution in [3.05, 3.63) is 72.1 Å². The molecule has 0 saturated heterocycles. The summed E-state index contributed by atoms with van der Waals surface area (Å²) in [5.74, 6) is -0.502. The quantitative estimate of drug-likeness (QED) is 0.658. The molecule has 0 aliphatic carbocycles. The topological polar surface area (TPSA) is 51.0 Å². The Morgan fingerprint density at radius 1 is 1.20 bits per heavy atom. The predicted molar refractivity (Wildman–Crippen MR) is 95.3 cm³/mol. The molecule has 1 amide bonds. The molecule has 3 rings (SSSR count). The molecular weight excluding hydrogens is 339 g/mol. The van der Waals surface area contributed by atoms with Crippen molar-refractivity contribution in [1.82, 2.24) is 19.4 Å². The third kappa shape index (κ3) is 3.71. The third-order valence-electron chi connectivity index (χ3n) is 3.69. The van der Waals surface area contributed by atoms with Gasteiger partial charge < -0.3 is 4.90 Å². The monoisotopic (exact) mass is 356 g/mol. The van der Waals surface area contributed by atoms with Crippen LogP contribution in [0.15, 0.2) is 60.0 Å². The second kappa shape index (κ2) is 7.48. The molecule has 0 fully saturated rings. The molecule has 25 heavy (non-hydrogen) atoms. The van der Waals surface area contributed by atoms with Crippen molar-refractivity contribution >= 4 is 17.7 Å². The molecule has 2 aromatic heterocycles. The van der Waals surface area contributed by atoms with Crippen molar-refractivity contribution in [3.63, 3.8) is 0 Å². The van der Waals surface area contributed by atoms with Gasteiger partial charge in [-0.15, -0.1) is 0 Å². The maximum absolute atomic E-state index is 13.2. The number of thioether (sulfide) groups is 1. The van der Waals surface area contributed by atoms with E-state index in [-0.39, 0.29) is 11.7 Å².